The van der Waals surface area contributed by atoms with Crippen LogP contribution in [0, 0.1) is 13.8 Å². The Morgan fingerprint density at radius 1 is 1.28 bits per heavy atom. The van der Waals surface area contributed by atoms with E-state index < -0.39 is 0 Å². The summed E-state index contributed by atoms with van der Waals surface area (Å²) in [4.78, 5) is 14.2. The van der Waals surface area contributed by atoms with Gasteiger partial charge >= 0.3 is 0 Å². The van der Waals surface area contributed by atoms with E-state index in [1.165, 1.54) is 4.90 Å². The van der Waals surface area contributed by atoms with Crippen molar-refractivity contribution in [3.8, 4) is 11.4 Å². The zero-order valence-electron chi connectivity index (χ0n) is 14.4. The van der Waals surface area contributed by atoms with Crippen LogP contribution in [0.4, 0.5) is 0 Å². The molecule has 0 radical (unpaired) electrons. The molecule has 0 bridgehead atoms. The fourth-order valence-corrected chi connectivity index (χ4v) is 2.43. The molecular weight excluding hydrogens is 324 g/mol. The van der Waals surface area contributed by atoms with Gasteiger partial charge in [-0.05, 0) is 26.0 Å². The first-order valence-corrected chi connectivity index (χ1v) is 7.62. The van der Waals surface area contributed by atoms with Crippen LogP contribution >= 0.6 is 0 Å². The fourth-order valence-electron chi connectivity index (χ4n) is 2.43. The van der Waals surface area contributed by atoms with Gasteiger partial charge in [0.05, 0.1) is 19.3 Å². The maximum absolute atomic E-state index is 12.7. The number of aryl methyl sites for hydroxylation is 1. The molecule has 9 nitrogen and oxygen atoms in total. The van der Waals surface area contributed by atoms with Crippen LogP contribution in [0.25, 0.3) is 5.69 Å². The quantitative estimate of drug-likeness (QED) is 0.693. The van der Waals surface area contributed by atoms with Crippen molar-refractivity contribution in [2.75, 3.05) is 14.2 Å². The second kappa shape index (κ2) is 6.71. The molecule has 0 spiro atoms. The minimum absolute atomic E-state index is 0.263. The average molecular weight is 342 g/mol. The third-order valence-electron chi connectivity index (χ3n) is 3.89. The van der Waals surface area contributed by atoms with Gasteiger partial charge in [-0.3, -0.25) is 4.79 Å². The van der Waals surface area contributed by atoms with Gasteiger partial charge in [-0.15, -0.1) is 5.10 Å². The topological polar surface area (TPSA) is 99.2 Å². The van der Waals surface area contributed by atoms with Gasteiger partial charge in [0.25, 0.3) is 5.91 Å². The Hall–Kier alpha value is -3.23. The number of carbonyl (C=O) groups excluding carboxylic acids is 1. The molecule has 0 unspecified atom stereocenters. The summed E-state index contributed by atoms with van der Waals surface area (Å²) >= 11 is 0. The highest BCUT2D eigenvalue weighted by molar-refractivity contribution is 5.93. The van der Waals surface area contributed by atoms with E-state index in [-0.39, 0.29) is 18.1 Å². The molecule has 0 saturated heterocycles. The van der Waals surface area contributed by atoms with Crippen LogP contribution < -0.4 is 4.74 Å². The molecule has 2 heterocycles. The lowest BCUT2D eigenvalue weighted by atomic mass is 10.2. The number of benzene rings is 1. The van der Waals surface area contributed by atoms with Crippen LogP contribution in [0.5, 0.6) is 5.75 Å². The zero-order chi connectivity index (χ0) is 18.0. The lowest BCUT2D eigenvalue weighted by Gasteiger charge is -2.14. The largest absolute Gasteiger partial charge is 0.494 e. The van der Waals surface area contributed by atoms with Gasteiger partial charge in [0.2, 0.25) is 0 Å². The molecule has 2 aromatic heterocycles. The third kappa shape index (κ3) is 3.08. The van der Waals surface area contributed by atoms with E-state index >= 15 is 0 Å². The lowest BCUT2D eigenvalue weighted by Crippen LogP contribution is -2.27. The fraction of sp³-hybridized carbons (Fsp3) is 0.312. The van der Waals surface area contributed by atoms with Gasteiger partial charge in [-0.2, -0.15) is 0 Å². The maximum atomic E-state index is 12.7. The zero-order valence-corrected chi connectivity index (χ0v) is 14.4. The normalized spacial score (nSPS) is 10.7. The lowest BCUT2D eigenvalue weighted by molar-refractivity contribution is 0.0775. The highest BCUT2D eigenvalue weighted by Gasteiger charge is 2.23. The van der Waals surface area contributed by atoms with Crippen LogP contribution in [0.2, 0.25) is 0 Å². The number of hydrogen-bond acceptors (Lipinski definition) is 7. The first-order valence-electron chi connectivity index (χ1n) is 7.62. The molecule has 9 heteroatoms. The molecule has 3 rings (SSSR count). The van der Waals surface area contributed by atoms with Gasteiger partial charge in [0.15, 0.2) is 5.69 Å². The number of carbonyl (C=O) groups is 1. The van der Waals surface area contributed by atoms with Crippen molar-refractivity contribution in [3.05, 3.63) is 47.0 Å². The molecule has 0 atom stereocenters. The first kappa shape index (κ1) is 16.6. The van der Waals surface area contributed by atoms with Crippen LogP contribution in [0.1, 0.15) is 27.6 Å². The number of amides is 1. The summed E-state index contributed by atoms with van der Waals surface area (Å²) in [5.74, 6) is 0.383. The molecular formula is C16H18N6O3. The predicted molar refractivity (Wildman–Crippen MR) is 87.5 cm³/mol. The van der Waals surface area contributed by atoms with Crippen molar-refractivity contribution in [1.29, 1.82) is 0 Å². The number of para-hydroxylation sites is 2. The van der Waals surface area contributed by atoms with Crippen LogP contribution in [-0.4, -0.2) is 50.3 Å². The Morgan fingerprint density at radius 3 is 2.72 bits per heavy atom. The number of nitrogens with zero attached hydrogens (tertiary/aromatic N) is 6. The standard InChI is InChI=1S/C16H18N6O3/c1-10-12(19-25-18-10)9-21(3)16(23)15-11(2)22(20-17-15)13-7-5-6-8-14(13)24-4/h5-8H,9H2,1-4H3. The van der Waals surface area contributed by atoms with E-state index in [4.69, 9.17) is 4.74 Å². The third-order valence-corrected chi connectivity index (χ3v) is 3.89. The van der Waals surface area contributed by atoms with Crippen molar-refractivity contribution in [2.45, 2.75) is 20.4 Å². The number of methoxy groups -OCH3 is 1. The molecule has 0 aliphatic rings. The Kier molecular flexibility index (Phi) is 4.46. The van der Waals surface area contributed by atoms with Gasteiger partial charge in [-0.25, -0.2) is 9.31 Å². The van der Waals surface area contributed by atoms with Gasteiger partial charge in [0.1, 0.15) is 22.8 Å². The molecule has 25 heavy (non-hydrogen) atoms. The molecule has 0 N–H and O–H groups in total. The number of hydrogen-bond donors (Lipinski definition) is 0. The van der Waals surface area contributed by atoms with Gasteiger partial charge in [0, 0.05) is 7.05 Å². The van der Waals surface area contributed by atoms with Crippen LogP contribution in [0.15, 0.2) is 28.9 Å². The second-order valence-electron chi connectivity index (χ2n) is 5.56. The van der Waals surface area contributed by atoms with E-state index in [1.54, 1.807) is 32.7 Å². The Morgan fingerprint density at radius 2 is 2.04 bits per heavy atom. The summed E-state index contributed by atoms with van der Waals surface area (Å²) in [7, 11) is 3.25. The second-order valence-corrected chi connectivity index (χ2v) is 5.56. The van der Waals surface area contributed by atoms with E-state index in [0.29, 0.717) is 28.5 Å². The summed E-state index contributed by atoms with van der Waals surface area (Å²) in [6, 6.07) is 7.41. The minimum atomic E-state index is -0.263. The average Bonchev–Trinajstić information content (AvgIpc) is 3.20. The van der Waals surface area contributed by atoms with Crippen molar-refractivity contribution in [2.24, 2.45) is 0 Å². The highest BCUT2D eigenvalue weighted by atomic mass is 16.6. The highest BCUT2D eigenvalue weighted by Crippen LogP contribution is 2.23. The van der Waals surface area contributed by atoms with Crippen molar-refractivity contribution in [3.63, 3.8) is 0 Å². The van der Waals surface area contributed by atoms with E-state index in [9.17, 15) is 4.79 Å². The summed E-state index contributed by atoms with van der Waals surface area (Å²) in [6.45, 7) is 3.83. The van der Waals surface area contributed by atoms with E-state index in [0.717, 1.165) is 0 Å². The number of aromatic nitrogens is 5. The summed E-state index contributed by atoms with van der Waals surface area (Å²) in [6.07, 6.45) is 0. The molecule has 1 amide bonds. The summed E-state index contributed by atoms with van der Waals surface area (Å²) < 4.78 is 11.6. The summed E-state index contributed by atoms with van der Waals surface area (Å²) in [5, 5.41) is 15.7. The SMILES string of the molecule is COc1ccccc1-n1nnc(C(=O)N(C)Cc2nonc2C)c1C. The van der Waals surface area contributed by atoms with Crippen molar-refractivity contribution < 1.29 is 14.2 Å². The van der Waals surface area contributed by atoms with Crippen LogP contribution in [-0.2, 0) is 6.54 Å². The maximum Gasteiger partial charge on any atom is 0.276 e. The molecule has 1 aromatic carbocycles. The Labute approximate surface area is 144 Å². The van der Waals surface area contributed by atoms with E-state index in [2.05, 4.69) is 25.3 Å². The Balaban J connectivity index is 1.87. The smallest absolute Gasteiger partial charge is 0.276 e. The molecule has 3 aromatic rings. The minimum Gasteiger partial charge on any atom is -0.494 e. The van der Waals surface area contributed by atoms with Crippen molar-refractivity contribution in [1.82, 2.24) is 30.2 Å². The molecule has 130 valence electrons. The van der Waals surface area contributed by atoms with Gasteiger partial charge < -0.3 is 9.64 Å². The number of rotatable bonds is 5. The monoisotopic (exact) mass is 342 g/mol. The molecule has 0 aliphatic heterocycles. The van der Waals surface area contributed by atoms with Crippen LogP contribution in [0.3, 0.4) is 0 Å². The molecule has 0 aliphatic carbocycles. The first-order chi connectivity index (χ1) is 12.0. The summed E-state index contributed by atoms with van der Waals surface area (Å²) in [5.41, 5.74) is 2.85. The predicted octanol–water partition coefficient (Wildman–Crippen LogP) is 1.55. The number of ether oxygens (including phenoxy) is 1. The molecule has 0 saturated carbocycles. The Bertz CT molecular complexity index is 901. The van der Waals surface area contributed by atoms with E-state index in [1.807, 2.05) is 24.3 Å². The molecule has 0 fully saturated rings. The van der Waals surface area contributed by atoms with Gasteiger partial charge in [-0.1, -0.05) is 27.7 Å². The van der Waals surface area contributed by atoms with Crippen molar-refractivity contribution >= 4 is 5.91 Å².